The first-order chi connectivity index (χ1) is 13.9. The number of halogens is 1. The first-order valence-electron chi connectivity index (χ1n) is 8.85. The summed E-state index contributed by atoms with van der Waals surface area (Å²) in [4.78, 5) is 25.5. The second kappa shape index (κ2) is 8.10. The van der Waals surface area contributed by atoms with Gasteiger partial charge in [-0.25, -0.2) is 0 Å². The second-order valence-corrected chi connectivity index (χ2v) is 8.93. The molecule has 0 atom stereocenters. The van der Waals surface area contributed by atoms with E-state index in [1.165, 1.54) is 11.3 Å². The predicted molar refractivity (Wildman–Crippen MR) is 120 cm³/mol. The number of hydrogen-bond donors (Lipinski definition) is 3. The average molecular weight is 490 g/mol. The van der Waals surface area contributed by atoms with Crippen LogP contribution in [0.3, 0.4) is 0 Å². The minimum Gasteiger partial charge on any atom is -0.451 e. The van der Waals surface area contributed by atoms with Gasteiger partial charge in [0.05, 0.1) is 5.56 Å². The summed E-state index contributed by atoms with van der Waals surface area (Å²) in [5.41, 5.74) is 7.86. The molecule has 0 saturated heterocycles. The number of carbonyl (C=O) groups excluding carboxylic acids is 2. The van der Waals surface area contributed by atoms with Gasteiger partial charge < -0.3 is 15.5 Å². The van der Waals surface area contributed by atoms with Gasteiger partial charge in [0.2, 0.25) is 0 Å². The molecule has 0 unspecified atom stereocenters. The van der Waals surface area contributed by atoms with Crippen LogP contribution in [0.1, 0.15) is 37.8 Å². The van der Waals surface area contributed by atoms with E-state index >= 15 is 0 Å². The zero-order valence-corrected chi connectivity index (χ0v) is 18.3. The number of nitrogens with one attached hydrogen (secondary N) is 2. The van der Waals surface area contributed by atoms with Gasteiger partial charge in [-0.1, -0.05) is 28.1 Å². The number of aryl methyl sites for hydroxylation is 1. The SMILES string of the molecule is NC(=O)c1c(NC(=S)NC(=O)c2ccc(-c3ccc(Br)cc3)o2)sc2c1CCC2. The maximum Gasteiger partial charge on any atom is 0.293 e. The standard InChI is InChI=1S/C20H16BrN3O3S2/c21-11-6-4-10(5-7-11)13-8-9-14(27-13)18(26)23-20(28)24-19-16(17(22)25)12-2-1-3-15(12)29-19/h4-9H,1-3H2,(H2,22,25)(H2,23,24,26,28). The minimum atomic E-state index is -0.494. The smallest absolute Gasteiger partial charge is 0.293 e. The fraction of sp³-hybridized carbons (Fsp3) is 0.150. The normalized spacial score (nSPS) is 12.4. The zero-order valence-electron chi connectivity index (χ0n) is 15.1. The van der Waals surface area contributed by atoms with Crippen LogP contribution >= 0.6 is 39.5 Å². The van der Waals surface area contributed by atoms with E-state index in [0.29, 0.717) is 16.3 Å². The lowest BCUT2D eigenvalue weighted by atomic mass is 10.1. The van der Waals surface area contributed by atoms with E-state index in [1.807, 2.05) is 24.3 Å². The molecule has 9 heteroatoms. The maximum atomic E-state index is 12.5. The summed E-state index contributed by atoms with van der Waals surface area (Å²) in [5, 5.41) is 6.18. The lowest BCUT2D eigenvalue weighted by Crippen LogP contribution is -2.34. The molecular formula is C20H16BrN3O3S2. The summed E-state index contributed by atoms with van der Waals surface area (Å²) >= 11 is 10.1. The van der Waals surface area contributed by atoms with Crippen molar-refractivity contribution in [1.82, 2.24) is 5.32 Å². The molecule has 1 aromatic carbocycles. The number of hydrogen-bond acceptors (Lipinski definition) is 5. The van der Waals surface area contributed by atoms with Gasteiger partial charge in [-0.15, -0.1) is 11.3 Å². The monoisotopic (exact) mass is 489 g/mol. The van der Waals surface area contributed by atoms with Crippen LogP contribution < -0.4 is 16.4 Å². The van der Waals surface area contributed by atoms with Crippen molar-refractivity contribution < 1.29 is 14.0 Å². The number of nitrogens with two attached hydrogens (primary N) is 1. The highest BCUT2D eigenvalue weighted by Crippen LogP contribution is 2.38. The van der Waals surface area contributed by atoms with Crippen molar-refractivity contribution in [2.45, 2.75) is 19.3 Å². The fourth-order valence-electron chi connectivity index (χ4n) is 3.28. The highest BCUT2D eigenvalue weighted by atomic mass is 79.9. The van der Waals surface area contributed by atoms with Gasteiger partial charge >= 0.3 is 0 Å². The Kier molecular flexibility index (Phi) is 5.53. The average Bonchev–Trinajstić information content (AvgIpc) is 3.37. The number of anilines is 1. The fourth-order valence-corrected chi connectivity index (χ4v) is 5.10. The molecular weight excluding hydrogens is 474 g/mol. The van der Waals surface area contributed by atoms with Crippen LogP contribution in [0.5, 0.6) is 0 Å². The van der Waals surface area contributed by atoms with Crippen molar-refractivity contribution in [3.8, 4) is 11.3 Å². The summed E-state index contributed by atoms with van der Waals surface area (Å²) in [5.74, 6) is -0.259. The van der Waals surface area contributed by atoms with E-state index in [-0.39, 0.29) is 10.9 Å². The van der Waals surface area contributed by atoms with Crippen LogP contribution in [0, 0.1) is 0 Å². The van der Waals surface area contributed by atoms with Crippen molar-refractivity contribution in [2.24, 2.45) is 5.73 Å². The molecule has 0 aliphatic heterocycles. The Balaban J connectivity index is 1.45. The summed E-state index contributed by atoms with van der Waals surface area (Å²) in [6.07, 6.45) is 2.77. The molecule has 2 aromatic heterocycles. The summed E-state index contributed by atoms with van der Waals surface area (Å²) in [7, 11) is 0. The summed E-state index contributed by atoms with van der Waals surface area (Å²) in [6.45, 7) is 0. The predicted octanol–water partition coefficient (Wildman–Crippen LogP) is 4.49. The topological polar surface area (TPSA) is 97.4 Å². The second-order valence-electron chi connectivity index (χ2n) is 6.50. The third-order valence-corrected chi connectivity index (χ3v) is 6.52. The number of furan rings is 1. The Morgan fingerprint density at radius 2 is 1.90 bits per heavy atom. The molecule has 6 nitrogen and oxygen atoms in total. The van der Waals surface area contributed by atoms with Crippen LogP contribution in [0.4, 0.5) is 5.00 Å². The Morgan fingerprint density at radius 3 is 2.62 bits per heavy atom. The molecule has 0 spiro atoms. The first-order valence-corrected chi connectivity index (χ1v) is 10.9. The van der Waals surface area contributed by atoms with E-state index in [0.717, 1.165) is 39.7 Å². The van der Waals surface area contributed by atoms with E-state index in [4.69, 9.17) is 22.4 Å². The number of fused-ring (bicyclic) bond motifs is 1. The van der Waals surface area contributed by atoms with Crippen LogP contribution in [0.25, 0.3) is 11.3 Å². The van der Waals surface area contributed by atoms with Gasteiger partial charge in [0, 0.05) is 14.9 Å². The minimum absolute atomic E-state index is 0.0824. The zero-order chi connectivity index (χ0) is 20.5. The van der Waals surface area contributed by atoms with Crippen molar-refractivity contribution in [3.05, 3.63) is 62.6 Å². The van der Waals surface area contributed by atoms with Crippen molar-refractivity contribution in [3.63, 3.8) is 0 Å². The maximum absolute atomic E-state index is 12.5. The molecule has 0 radical (unpaired) electrons. The number of amides is 2. The molecule has 29 heavy (non-hydrogen) atoms. The molecule has 0 saturated carbocycles. The molecule has 0 bridgehead atoms. The molecule has 1 aliphatic carbocycles. The largest absolute Gasteiger partial charge is 0.451 e. The third kappa shape index (κ3) is 4.12. The third-order valence-electron chi connectivity index (χ3n) is 4.58. The Morgan fingerprint density at radius 1 is 1.14 bits per heavy atom. The van der Waals surface area contributed by atoms with E-state index in [1.54, 1.807) is 12.1 Å². The molecule has 2 heterocycles. The number of thiophene rings is 1. The molecule has 4 rings (SSSR count). The van der Waals surface area contributed by atoms with E-state index < -0.39 is 11.8 Å². The number of thiocarbonyl (C=S) groups is 1. The number of primary amides is 1. The number of carbonyl (C=O) groups is 2. The highest BCUT2D eigenvalue weighted by molar-refractivity contribution is 9.10. The Hall–Kier alpha value is -2.49. The lowest BCUT2D eigenvalue weighted by Gasteiger charge is -2.09. The van der Waals surface area contributed by atoms with E-state index in [9.17, 15) is 9.59 Å². The quantitative estimate of drug-likeness (QED) is 0.469. The van der Waals surface area contributed by atoms with Crippen LogP contribution in [-0.4, -0.2) is 16.9 Å². The van der Waals surface area contributed by atoms with Gasteiger partial charge in [-0.2, -0.15) is 0 Å². The lowest BCUT2D eigenvalue weighted by molar-refractivity contribution is 0.0950. The molecule has 2 amide bonds. The number of rotatable bonds is 4. The van der Waals surface area contributed by atoms with Crippen molar-refractivity contribution in [2.75, 3.05) is 5.32 Å². The van der Waals surface area contributed by atoms with Crippen LogP contribution in [-0.2, 0) is 12.8 Å². The Labute approximate surface area is 184 Å². The summed E-state index contributed by atoms with van der Waals surface area (Å²) < 4.78 is 6.60. The van der Waals surface area contributed by atoms with Gasteiger partial charge in [-0.05, 0) is 61.3 Å². The molecule has 0 fully saturated rings. The molecule has 1 aliphatic rings. The molecule has 4 N–H and O–H groups in total. The van der Waals surface area contributed by atoms with Gasteiger partial charge in [-0.3, -0.25) is 14.9 Å². The van der Waals surface area contributed by atoms with Gasteiger partial charge in [0.1, 0.15) is 10.8 Å². The molecule has 148 valence electrons. The molecule has 3 aromatic rings. The van der Waals surface area contributed by atoms with Crippen LogP contribution in [0.2, 0.25) is 0 Å². The number of benzene rings is 1. The van der Waals surface area contributed by atoms with E-state index in [2.05, 4.69) is 26.6 Å². The summed E-state index contributed by atoms with van der Waals surface area (Å²) in [6, 6.07) is 10.9. The van der Waals surface area contributed by atoms with Crippen LogP contribution in [0.15, 0.2) is 45.3 Å². The Bertz CT molecular complexity index is 1120. The van der Waals surface area contributed by atoms with Gasteiger partial charge in [0.25, 0.3) is 11.8 Å². The van der Waals surface area contributed by atoms with Crippen molar-refractivity contribution >= 4 is 61.4 Å². The van der Waals surface area contributed by atoms with Crippen molar-refractivity contribution in [1.29, 1.82) is 0 Å². The van der Waals surface area contributed by atoms with Gasteiger partial charge in [0.15, 0.2) is 10.9 Å². The highest BCUT2D eigenvalue weighted by Gasteiger charge is 2.26. The first kappa shape index (κ1) is 19.8.